The summed E-state index contributed by atoms with van der Waals surface area (Å²) >= 11 is 0. The molecule has 1 aliphatic heterocycles. The summed E-state index contributed by atoms with van der Waals surface area (Å²) in [7, 11) is -2.88. The molecule has 3 heterocycles. The normalized spacial score (nSPS) is 23.0. The van der Waals surface area contributed by atoms with E-state index in [0.29, 0.717) is 25.3 Å². The van der Waals surface area contributed by atoms with Crippen molar-refractivity contribution in [1.29, 1.82) is 0 Å². The van der Waals surface area contributed by atoms with Gasteiger partial charge in [0, 0.05) is 25.2 Å². The monoisotopic (exact) mass is 443 g/mol. The molecule has 1 aromatic carbocycles. The summed E-state index contributed by atoms with van der Waals surface area (Å²) in [6.07, 6.45) is -0.815. The maximum absolute atomic E-state index is 13.1. The van der Waals surface area contributed by atoms with Crippen molar-refractivity contribution in [3.63, 3.8) is 0 Å². The first-order valence-corrected chi connectivity index (χ1v) is 12.0. The molecular formula is C21H22FN5O3S. The molecule has 162 valence electrons. The fraction of sp³-hybridized carbons (Fsp3) is 0.381. The number of halogens is 1. The first-order valence-electron chi connectivity index (χ1n) is 10.2. The van der Waals surface area contributed by atoms with Crippen molar-refractivity contribution < 1.29 is 17.6 Å². The van der Waals surface area contributed by atoms with Crippen LogP contribution in [0.25, 0.3) is 16.9 Å². The summed E-state index contributed by atoms with van der Waals surface area (Å²) in [4.78, 5) is 18.4. The maximum atomic E-state index is 13.1. The SMILES string of the molecule is O=C(Nc1nc2cccc(-c3ccc(CN4CCS(=O)(=O)CC4)cc3)n2n1)C1C[C@H]1F. The number of benzene rings is 1. The zero-order valence-electron chi connectivity index (χ0n) is 16.7. The third kappa shape index (κ3) is 4.31. The summed E-state index contributed by atoms with van der Waals surface area (Å²) in [6, 6.07) is 13.6. The molecule has 1 unspecified atom stereocenters. The van der Waals surface area contributed by atoms with Crippen molar-refractivity contribution in [2.75, 3.05) is 29.9 Å². The van der Waals surface area contributed by atoms with E-state index >= 15 is 0 Å². The average Bonchev–Trinajstić information content (AvgIpc) is 3.34. The zero-order valence-corrected chi connectivity index (χ0v) is 17.6. The number of nitrogens with zero attached hydrogens (tertiary/aromatic N) is 4. The van der Waals surface area contributed by atoms with Crippen molar-refractivity contribution in [3.8, 4) is 11.3 Å². The molecule has 1 amide bonds. The highest BCUT2D eigenvalue weighted by Crippen LogP contribution is 2.34. The minimum absolute atomic E-state index is 0.160. The Morgan fingerprint density at radius 1 is 1.13 bits per heavy atom. The Morgan fingerprint density at radius 2 is 1.84 bits per heavy atom. The maximum Gasteiger partial charge on any atom is 0.249 e. The lowest BCUT2D eigenvalue weighted by Crippen LogP contribution is -2.39. The second-order valence-corrected chi connectivity index (χ2v) is 10.4. The fourth-order valence-corrected chi connectivity index (χ4v) is 5.04. The van der Waals surface area contributed by atoms with Crippen LogP contribution in [0.3, 0.4) is 0 Å². The molecule has 0 bridgehead atoms. The number of hydrogen-bond acceptors (Lipinski definition) is 6. The Hall–Kier alpha value is -2.85. The van der Waals surface area contributed by atoms with Gasteiger partial charge >= 0.3 is 0 Å². The van der Waals surface area contributed by atoms with Crippen LogP contribution in [0, 0.1) is 5.92 Å². The van der Waals surface area contributed by atoms with E-state index < -0.39 is 21.9 Å². The van der Waals surface area contributed by atoms with Gasteiger partial charge in [0.25, 0.3) is 0 Å². The van der Waals surface area contributed by atoms with Crippen molar-refractivity contribution in [2.24, 2.45) is 5.92 Å². The second kappa shape index (κ2) is 7.69. The number of aromatic nitrogens is 3. The summed E-state index contributed by atoms with van der Waals surface area (Å²) in [5.41, 5.74) is 3.44. The molecule has 2 fully saturated rings. The lowest BCUT2D eigenvalue weighted by atomic mass is 10.1. The Morgan fingerprint density at radius 3 is 2.52 bits per heavy atom. The van der Waals surface area contributed by atoms with Crippen LogP contribution in [0.4, 0.5) is 10.3 Å². The van der Waals surface area contributed by atoms with Gasteiger partial charge in [-0.05, 0) is 24.1 Å². The van der Waals surface area contributed by atoms with Gasteiger partial charge in [0.15, 0.2) is 15.5 Å². The number of carbonyl (C=O) groups excluding carboxylic acids is 1. The predicted octanol–water partition coefficient (Wildman–Crippen LogP) is 1.92. The predicted molar refractivity (Wildman–Crippen MR) is 114 cm³/mol. The minimum atomic E-state index is -2.88. The molecule has 10 heteroatoms. The highest BCUT2D eigenvalue weighted by molar-refractivity contribution is 7.91. The van der Waals surface area contributed by atoms with Crippen LogP contribution < -0.4 is 5.32 Å². The molecule has 1 aliphatic carbocycles. The van der Waals surface area contributed by atoms with Crippen molar-refractivity contribution >= 4 is 27.3 Å². The molecule has 1 saturated carbocycles. The Labute approximate surface area is 179 Å². The van der Waals surface area contributed by atoms with E-state index in [-0.39, 0.29) is 29.8 Å². The van der Waals surface area contributed by atoms with E-state index in [0.717, 1.165) is 16.8 Å². The van der Waals surface area contributed by atoms with E-state index in [9.17, 15) is 17.6 Å². The number of pyridine rings is 1. The number of rotatable bonds is 5. The van der Waals surface area contributed by atoms with Gasteiger partial charge in [0.2, 0.25) is 11.9 Å². The Kier molecular flexibility index (Phi) is 4.98. The van der Waals surface area contributed by atoms with E-state index in [1.165, 1.54) is 0 Å². The Bertz CT molecular complexity index is 1230. The third-order valence-corrected chi connectivity index (χ3v) is 7.35. The number of carbonyl (C=O) groups is 1. The van der Waals surface area contributed by atoms with Gasteiger partial charge in [-0.2, -0.15) is 4.98 Å². The average molecular weight is 444 g/mol. The molecule has 2 aliphatic rings. The molecular weight excluding hydrogens is 421 g/mol. The van der Waals surface area contributed by atoms with Gasteiger partial charge in [-0.15, -0.1) is 5.10 Å². The highest BCUT2D eigenvalue weighted by atomic mass is 32.2. The number of nitrogens with one attached hydrogen (secondary N) is 1. The molecule has 8 nitrogen and oxygen atoms in total. The smallest absolute Gasteiger partial charge is 0.249 e. The molecule has 0 spiro atoms. The van der Waals surface area contributed by atoms with Crippen LogP contribution in [0.2, 0.25) is 0 Å². The number of amides is 1. The summed E-state index contributed by atoms with van der Waals surface area (Å²) < 4.78 is 37.9. The lowest BCUT2D eigenvalue weighted by molar-refractivity contribution is -0.117. The molecule has 2 aromatic heterocycles. The largest absolute Gasteiger partial charge is 0.297 e. The summed E-state index contributed by atoms with van der Waals surface area (Å²) in [5, 5.41) is 6.97. The zero-order chi connectivity index (χ0) is 21.6. The van der Waals surface area contributed by atoms with Gasteiger partial charge in [-0.1, -0.05) is 30.3 Å². The van der Waals surface area contributed by atoms with Gasteiger partial charge in [-0.3, -0.25) is 15.0 Å². The molecule has 5 rings (SSSR count). The van der Waals surface area contributed by atoms with Gasteiger partial charge in [0.1, 0.15) is 6.17 Å². The first-order chi connectivity index (χ1) is 14.9. The Balaban J connectivity index is 1.32. The number of hydrogen-bond donors (Lipinski definition) is 1. The van der Waals surface area contributed by atoms with E-state index in [4.69, 9.17) is 0 Å². The van der Waals surface area contributed by atoms with Gasteiger partial charge in [0.05, 0.1) is 23.1 Å². The van der Waals surface area contributed by atoms with Crippen LogP contribution in [-0.4, -0.2) is 64.6 Å². The van der Waals surface area contributed by atoms with E-state index in [2.05, 4.69) is 20.3 Å². The molecule has 2 atom stereocenters. The van der Waals surface area contributed by atoms with Gasteiger partial charge < -0.3 is 0 Å². The summed E-state index contributed by atoms with van der Waals surface area (Å²) in [6.45, 7) is 1.82. The molecule has 3 aromatic rings. The van der Waals surface area contributed by atoms with E-state index in [1.54, 1.807) is 10.6 Å². The van der Waals surface area contributed by atoms with Crippen LogP contribution in [0.5, 0.6) is 0 Å². The lowest BCUT2D eigenvalue weighted by Gasteiger charge is -2.26. The molecule has 0 radical (unpaired) electrons. The van der Waals surface area contributed by atoms with Crippen molar-refractivity contribution in [1.82, 2.24) is 19.5 Å². The molecule has 1 N–H and O–H groups in total. The van der Waals surface area contributed by atoms with Gasteiger partial charge in [-0.25, -0.2) is 17.3 Å². The van der Waals surface area contributed by atoms with Crippen LogP contribution in [-0.2, 0) is 21.2 Å². The van der Waals surface area contributed by atoms with Crippen molar-refractivity contribution in [2.45, 2.75) is 19.1 Å². The second-order valence-electron chi connectivity index (χ2n) is 8.09. The number of fused-ring (bicyclic) bond motifs is 1. The van der Waals surface area contributed by atoms with Crippen LogP contribution in [0.15, 0.2) is 42.5 Å². The summed E-state index contributed by atoms with van der Waals surface area (Å²) in [5.74, 6) is -0.401. The fourth-order valence-electron chi connectivity index (χ4n) is 3.76. The van der Waals surface area contributed by atoms with Crippen LogP contribution >= 0.6 is 0 Å². The number of sulfone groups is 1. The number of anilines is 1. The van der Waals surface area contributed by atoms with Crippen LogP contribution in [0.1, 0.15) is 12.0 Å². The highest BCUT2D eigenvalue weighted by Gasteiger charge is 2.44. The first kappa shape index (κ1) is 20.1. The van der Waals surface area contributed by atoms with E-state index in [1.807, 2.05) is 36.4 Å². The number of alkyl halides is 1. The quantitative estimate of drug-likeness (QED) is 0.647. The molecule has 1 saturated heterocycles. The standard InChI is InChI=1S/C21H22FN5O3S/c22-17-12-16(17)20(28)24-21-23-19-3-1-2-18(27(19)25-21)15-6-4-14(5-7-15)13-26-8-10-31(29,30)11-9-26/h1-7,16-17H,8-13H2,(H,24,25,28)/t16?,17-/m1/s1. The van der Waals surface area contributed by atoms with Crippen molar-refractivity contribution in [3.05, 3.63) is 48.0 Å². The topological polar surface area (TPSA) is 96.7 Å². The molecule has 31 heavy (non-hydrogen) atoms. The third-order valence-electron chi connectivity index (χ3n) is 5.74. The minimum Gasteiger partial charge on any atom is -0.297 e.